The number of nitrogens with zero attached hydrogens (tertiary/aromatic N) is 1. The molecule has 12 nitrogen and oxygen atoms in total. The van der Waals surface area contributed by atoms with Gasteiger partial charge in [-0.05, 0) is 80.0 Å². The first-order valence-electron chi connectivity index (χ1n) is 13.2. The molecule has 0 aromatic heterocycles. The van der Waals surface area contributed by atoms with E-state index in [1.54, 1.807) is 74.4 Å². The van der Waals surface area contributed by atoms with Crippen LogP contribution in [0, 0.1) is 0 Å². The SMILES string of the molecule is CC(C)(C)OC(=O)NCCN(CCNC(=O)OC(C)(C)C)c1ccc(C[C@H](NC(=O)OC(C)(C)C)C(=O)O)cc1. The van der Waals surface area contributed by atoms with Crippen molar-refractivity contribution in [3.8, 4) is 0 Å². The Morgan fingerprint density at radius 1 is 0.725 bits per heavy atom. The van der Waals surface area contributed by atoms with Crippen LogP contribution in [0.4, 0.5) is 20.1 Å². The fraction of sp³-hybridized carbons (Fsp3) is 0.643. The fourth-order valence-corrected chi connectivity index (χ4v) is 3.31. The lowest BCUT2D eigenvalue weighted by molar-refractivity contribution is -0.139. The van der Waals surface area contributed by atoms with Crippen LogP contribution in [0.15, 0.2) is 24.3 Å². The van der Waals surface area contributed by atoms with E-state index < -0.39 is 47.1 Å². The average Bonchev–Trinajstić information content (AvgIpc) is 2.74. The zero-order valence-electron chi connectivity index (χ0n) is 25.2. The highest BCUT2D eigenvalue weighted by Crippen LogP contribution is 2.17. The Bertz CT molecular complexity index is 958. The van der Waals surface area contributed by atoms with Gasteiger partial charge in [0, 0.05) is 38.3 Å². The molecule has 0 aliphatic carbocycles. The molecule has 0 radical (unpaired) electrons. The molecule has 226 valence electrons. The van der Waals surface area contributed by atoms with E-state index in [0.29, 0.717) is 18.7 Å². The van der Waals surface area contributed by atoms with Crippen LogP contribution in [0.5, 0.6) is 0 Å². The number of amides is 3. The van der Waals surface area contributed by atoms with Gasteiger partial charge in [0.25, 0.3) is 0 Å². The number of carboxylic acid groups (broad SMARTS) is 1. The zero-order valence-corrected chi connectivity index (χ0v) is 25.2. The third-order valence-electron chi connectivity index (χ3n) is 4.83. The van der Waals surface area contributed by atoms with Gasteiger partial charge in [-0.3, -0.25) is 0 Å². The van der Waals surface area contributed by atoms with Gasteiger partial charge < -0.3 is 40.2 Å². The highest BCUT2D eigenvalue weighted by molar-refractivity contribution is 5.80. The summed E-state index contributed by atoms with van der Waals surface area (Å²) >= 11 is 0. The highest BCUT2D eigenvalue weighted by Gasteiger charge is 2.24. The number of benzene rings is 1. The second-order valence-corrected chi connectivity index (χ2v) is 12.3. The number of alkyl carbamates (subject to hydrolysis) is 3. The molecule has 1 atom stereocenters. The molecule has 1 rings (SSSR count). The second-order valence-electron chi connectivity index (χ2n) is 12.3. The number of ether oxygens (including phenoxy) is 3. The van der Waals surface area contributed by atoms with Crippen molar-refractivity contribution < 1.29 is 38.5 Å². The number of hydrogen-bond donors (Lipinski definition) is 4. The summed E-state index contributed by atoms with van der Waals surface area (Å²) in [5.41, 5.74) is -0.528. The summed E-state index contributed by atoms with van der Waals surface area (Å²) in [6.45, 7) is 17.1. The lowest BCUT2D eigenvalue weighted by Gasteiger charge is -2.27. The maximum Gasteiger partial charge on any atom is 0.408 e. The van der Waals surface area contributed by atoms with Crippen molar-refractivity contribution in [2.24, 2.45) is 0 Å². The molecule has 12 heteroatoms. The van der Waals surface area contributed by atoms with E-state index in [-0.39, 0.29) is 19.5 Å². The van der Waals surface area contributed by atoms with E-state index in [4.69, 9.17) is 14.2 Å². The molecule has 0 unspecified atom stereocenters. The van der Waals surface area contributed by atoms with Gasteiger partial charge in [-0.15, -0.1) is 0 Å². The summed E-state index contributed by atoms with van der Waals surface area (Å²) in [5, 5.41) is 17.4. The van der Waals surface area contributed by atoms with Gasteiger partial charge in [-0.25, -0.2) is 19.2 Å². The van der Waals surface area contributed by atoms with Crippen LogP contribution in [-0.2, 0) is 25.4 Å². The van der Waals surface area contributed by atoms with Crippen LogP contribution < -0.4 is 20.9 Å². The van der Waals surface area contributed by atoms with Crippen molar-refractivity contribution in [1.82, 2.24) is 16.0 Å². The molecule has 0 saturated carbocycles. The predicted molar refractivity (Wildman–Crippen MR) is 152 cm³/mol. The predicted octanol–water partition coefficient (Wildman–Crippen LogP) is 4.06. The number of aliphatic carboxylic acids is 1. The van der Waals surface area contributed by atoms with Crippen LogP contribution >= 0.6 is 0 Å². The third kappa shape index (κ3) is 15.6. The maximum atomic E-state index is 12.1. The maximum absolute atomic E-state index is 12.1. The molecule has 1 aromatic rings. The topological polar surface area (TPSA) is 156 Å². The minimum absolute atomic E-state index is 0.0508. The summed E-state index contributed by atoms with van der Waals surface area (Å²) in [6.07, 6.45) is -1.83. The lowest BCUT2D eigenvalue weighted by atomic mass is 10.1. The molecular formula is C28H46N4O8. The van der Waals surface area contributed by atoms with Crippen LogP contribution in [0.25, 0.3) is 0 Å². The monoisotopic (exact) mass is 566 g/mol. The lowest BCUT2D eigenvalue weighted by Crippen LogP contribution is -2.44. The fourth-order valence-electron chi connectivity index (χ4n) is 3.31. The molecular weight excluding hydrogens is 520 g/mol. The van der Waals surface area contributed by atoms with Gasteiger partial charge in [0.2, 0.25) is 0 Å². The van der Waals surface area contributed by atoms with Gasteiger partial charge in [-0.2, -0.15) is 0 Å². The molecule has 0 aliphatic rings. The van der Waals surface area contributed by atoms with E-state index in [1.165, 1.54) is 0 Å². The molecule has 0 fully saturated rings. The Kier molecular flexibility index (Phi) is 12.5. The van der Waals surface area contributed by atoms with Gasteiger partial charge >= 0.3 is 24.2 Å². The summed E-state index contributed by atoms with van der Waals surface area (Å²) in [5.74, 6) is -1.18. The molecule has 0 bridgehead atoms. The number of hydrogen-bond acceptors (Lipinski definition) is 8. The van der Waals surface area contributed by atoms with Crippen molar-refractivity contribution in [2.45, 2.75) is 91.6 Å². The number of carboxylic acids is 1. The third-order valence-corrected chi connectivity index (χ3v) is 4.83. The first-order chi connectivity index (χ1) is 18.2. The van der Waals surface area contributed by atoms with E-state index in [9.17, 15) is 24.3 Å². The molecule has 0 heterocycles. The Morgan fingerprint density at radius 3 is 1.50 bits per heavy atom. The van der Waals surface area contributed by atoms with Gasteiger partial charge in [-0.1, -0.05) is 12.1 Å². The Balaban J connectivity index is 2.91. The molecule has 0 aliphatic heterocycles. The highest BCUT2D eigenvalue weighted by atomic mass is 16.6. The Hall–Kier alpha value is -3.70. The minimum atomic E-state index is -1.18. The second kappa shape index (κ2) is 14.6. The summed E-state index contributed by atoms with van der Waals surface area (Å²) < 4.78 is 15.7. The molecule has 1 aromatic carbocycles. The van der Waals surface area contributed by atoms with Gasteiger partial charge in [0.05, 0.1) is 0 Å². The van der Waals surface area contributed by atoms with E-state index in [2.05, 4.69) is 16.0 Å². The van der Waals surface area contributed by atoms with Crippen molar-refractivity contribution in [1.29, 1.82) is 0 Å². The average molecular weight is 567 g/mol. The Labute approximate surface area is 237 Å². The molecule has 3 amide bonds. The minimum Gasteiger partial charge on any atom is -0.480 e. The van der Waals surface area contributed by atoms with Crippen molar-refractivity contribution in [3.63, 3.8) is 0 Å². The largest absolute Gasteiger partial charge is 0.480 e. The summed E-state index contributed by atoms with van der Waals surface area (Å²) in [4.78, 5) is 49.9. The molecule has 40 heavy (non-hydrogen) atoms. The smallest absolute Gasteiger partial charge is 0.408 e. The van der Waals surface area contributed by atoms with Crippen molar-refractivity contribution >= 4 is 29.9 Å². The quantitative estimate of drug-likeness (QED) is 0.290. The number of nitrogens with one attached hydrogen (secondary N) is 3. The summed E-state index contributed by atoms with van der Waals surface area (Å²) in [6, 6.07) is 5.97. The summed E-state index contributed by atoms with van der Waals surface area (Å²) in [7, 11) is 0. The van der Waals surface area contributed by atoms with E-state index in [1.807, 2.05) is 17.0 Å². The molecule has 4 N–H and O–H groups in total. The van der Waals surface area contributed by atoms with Crippen LogP contribution in [0.3, 0.4) is 0 Å². The zero-order chi connectivity index (χ0) is 30.7. The van der Waals surface area contributed by atoms with E-state index >= 15 is 0 Å². The first kappa shape index (κ1) is 34.3. The molecule has 0 saturated heterocycles. The van der Waals surface area contributed by atoms with Crippen molar-refractivity contribution in [2.75, 3.05) is 31.1 Å². The van der Waals surface area contributed by atoms with Gasteiger partial charge in [0.15, 0.2) is 0 Å². The number of anilines is 1. The standard InChI is InChI=1S/C28H46N4O8/c1-26(2,3)38-23(35)29-14-16-32(17-15-30-24(36)39-27(4,5)6)20-12-10-19(11-13-20)18-21(22(33)34)31-25(37)40-28(7,8)9/h10-13,21H,14-18H2,1-9H3,(H,29,35)(H,30,36)(H,31,37)(H,33,34)/t21-/m0/s1. The van der Waals surface area contributed by atoms with Gasteiger partial charge in [0.1, 0.15) is 22.8 Å². The van der Waals surface area contributed by atoms with Crippen LogP contribution in [0.2, 0.25) is 0 Å². The number of carbonyl (C=O) groups is 4. The molecule has 0 spiro atoms. The number of carbonyl (C=O) groups excluding carboxylic acids is 3. The number of rotatable bonds is 11. The Morgan fingerprint density at radius 2 is 1.12 bits per heavy atom. The van der Waals surface area contributed by atoms with E-state index in [0.717, 1.165) is 5.69 Å². The van der Waals surface area contributed by atoms with Crippen LogP contribution in [0.1, 0.15) is 67.9 Å². The van der Waals surface area contributed by atoms with Crippen molar-refractivity contribution in [3.05, 3.63) is 29.8 Å². The normalized spacial score (nSPS) is 12.5. The van der Waals surface area contributed by atoms with Crippen LogP contribution in [-0.4, -0.2) is 78.4 Å². The first-order valence-corrected chi connectivity index (χ1v) is 13.2.